The van der Waals surface area contributed by atoms with Crippen molar-refractivity contribution in [2.45, 2.75) is 301 Å². The number of carbonyl (C=O) groups excluding carboxylic acids is 1. The van der Waals surface area contributed by atoms with E-state index in [1.807, 2.05) is 0 Å². The summed E-state index contributed by atoms with van der Waals surface area (Å²) in [4.78, 5) is 12.5. The zero-order valence-corrected chi connectivity index (χ0v) is 39.5. The highest BCUT2D eigenvalue weighted by atomic mass is 16.3. The van der Waals surface area contributed by atoms with Gasteiger partial charge in [-0.15, -0.1) is 0 Å². The minimum absolute atomic E-state index is 0.357. The summed E-state index contributed by atoms with van der Waals surface area (Å²) in [6, 6.07) is -1.00. The summed E-state index contributed by atoms with van der Waals surface area (Å²) in [5, 5.41) is 43.8. The van der Waals surface area contributed by atoms with Gasteiger partial charge in [-0.05, 0) is 64.2 Å². The second-order valence-corrected chi connectivity index (χ2v) is 18.2. The van der Waals surface area contributed by atoms with E-state index in [0.717, 1.165) is 44.9 Å². The van der Waals surface area contributed by atoms with Gasteiger partial charge in [-0.2, -0.15) is 0 Å². The summed E-state index contributed by atoms with van der Waals surface area (Å²) >= 11 is 0. The molecule has 0 aromatic rings. The number of allylic oxidation sites excluding steroid dienone is 4. The monoisotopic (exact) mass is 834 g/mol. The number of aliphatic hydroxyl groups is 4. The van der Waals surface area contributed by atoms with Crippen LogP contribution in [-0.4, -0.2) is 57.3 Å². The Kier molecular flexibility index (Phi) is 46.9. The van der Waals surface area contributed by atoms with Crippen LogP contribution in [0.15, 0.2) is 24.3 Å². The maximum atomic E-state index is 12.5. The highest BCUT2D eigenvalue weighted by Gasteiger charge is 2.28. The van der Waals surface area contributed by atoms with Crippen molar-refractivity contribution < 1.29 is 25.2 Å². The molecule has 59 heavy (non-hydrogen) atoms. The third kappa shape index (κ3) is 41.9. The molecule has 0 aromatic heterocycles. The molecule has 0 aliphatic carbocycles. The van der Waals surface area contributed by atoms with Crippen molar-refractivity contribution in [2.75, 3.05) is 6.61 Å². The summed E-state index contributed by atoms with van der Waals surface area (Å²) in [6.07, 6.45) is 56.8. The van der Waals surface area contributed by atoms with Gasteiger partial charge in [0, 0.05) is 0 Å². The Labute approximate surface area is 367 Å². The lowest BCUT2D eigenvalue weighted by Crippen LogP contribution is -2.53. The Morgan fingerprint density at radius 3 is 1.03 bits per heavy atom. The van der Waals surface area contributed by atoms with Gasteiger partial charge in [-0.25, -0.2) is 0 Å². The van der Waals surface area contributed by atoms with Crippen molar-refractivity contribution >= 4 is 5.91 Å². The molecule has 0 bridgehead atoms. The number of unbranched alkanes of at least 4 members (excludes halogenated alkanes) is 35. The van der Waals surface area contributed by atoms with Crippen LogP contribution in [0.5, 0.6) is 0 Å². The summed E-state index contributed by atoms with van der Waals surface area (Å²) in [7, 11) is 0. The van der Waals surface area contributed by atoms with Gasteiger partial charge < -0.3 is 25.7 Å². The average Bonchev–Trinajstić information content (AvgIpc) is 3.24. The molecular weight excluding hydrogens is 731 g/mol. The zero-order chi connectivity index (χ0) is 43.1. The van der Waals surface area contributed by atoms with Gasteiger partial charge in [-0.3, -0.25) is 4.79 Å². The van der Waals surface area contributed by atoms with Crippen LogP contribution in [0.25, 0.3) is 0 Å². The van der Waals surface area contributed by atoms with Gasteiger partial charge in [-0.1, -0.05) is 237 Å². The summed E-state index contributed by atoms with van der Waals surface area (Å²) in [6.45, 7) is 4.04. The highest BCUT2D eigenvalue weighted by molar-refractivity contribution is 5.80. The number of nitrogens with one attached hydrogen (secondary N) is 1. The van der Waals surface area contributed by atoms with Crippen LogP contribution in [0.4, 0.5) is 0 Å². The third-order valence-electron chi connectivity index (χ3n) is 12.4. The zero-order valence-electron chi connectivity index (χ0n) is 39.5. The van der Waals surface area contributed by atoms with Crippen molar-refractivity contribution in [1.29, 1.82) is 0 Å². The first-order valence-electron chi connectivity index (χ1n) is 26.2. The number of rotatable bonds is 48. The van der Waals surface area contributed by atoms with Gasteiger partial charge in [0.2, 0.25) is 5.91 Å². The fourth-order valence-corrected chi connectivity index (χ4v) is 8.22. The van der Waals surface area contributed by atoms with Crippen molar-refractivity contribution in [3.63, 3.8) is 0 Å². The molecule has 6 heteroatoms. The topological polar surface area (TPSA) is 110 Å². The van der Waals surface area contributed by atoms with Crippen LogP contribution in [0.1, 0.15) is 277 Å². The molecule has 0 saturated carbocycles. The number of aliphatic hydroxyl groups excluding tert-OH is 4. The largest absolute Gasteiger partial charge is 0.394 e. The van der Waals surface area contributed by atoms with Gasteiger partial charge in [0.15, 0.2) is 0 Å². The number of hydrogen-bond acceptors (Lipinski definition) is 5. The highest BCUT2D eigenvalue weighted by Crippen LogP contribution is 2.17. The molecule has 0 rings (SSSR count). The van der Waals surface area contributed by atoms with Crippen LogP contribution >= 0.6 is 0 Å². The summed E-state index contributed by atoms with van der Waals surface area (Å²) in [5.41, 5.74) is 0. The first-order valence-corrected chi connectivity index (χ1v) is 26.2. The molecule has 0 aliphatic heterocycles. The first-order chi connectivity index (χ1) is 29.0. The fourth-order valence-electron chi connectivity index (χ4n) is 8.22. The van der Waals surface area contributed by atoms with Gasteiger partial charge in [0.25, 0.3) is 0 Å². The van der Waals surface area contributed by atoms with E-state index in [1.165, 1.54) is 205 Å². The van der Waals surface area contributed by atoms with Crippen LogP contribution < -0.4 is 5.32 Å². The number of amides is 1. The number of hydrogen-bond donors (Lipinski definition) is 5. The predicted molar refractivity (Wildman–Crippen MR) is 256 cm³/mol. The molecule has 5 N–H and O–H groups in total. The molecule has 0 aliphatic rings. The minimum Gasteiger partial charge on any atom is -0.394 e. The van der Waals surface area contributed by atoms with E-state index in [1.54, 1.807) is 0 Å². The molecule has 6 nitrogen and oxygen atoms in total. The third-order valence-corrected chi connectivity index (χ3v) is 12.4. The Bertz CT molecular complexity index is 893. The Hall–Kier alpha value is -1.21. The van der Waals surface area contributed by atoms with Crippen molar-refractivity contribution in [3.05, 3.63) is 24.3 Å². The second kappa shape index (κ2) is 47.8. The van der Waals surface area contributed by atoms with E-state index >= 15 is 0 Å². The molecule has 0 radical (unpaired) electrons. The summed E-state index contributed by atoms with van der Waals surface area (Å²) in [5.74, 6) is -0.597. The van der Waals surface area contributed by atoms with Crippen LogP contribution in [0.2, 0.25) is 0 Å². The molecular formula is C53H103NO5. The minimum atomic E-state index is -1.28. The molecule has 350 valence electrons. The van der Waals surface area contributed by atoms with E-state index in [2.05, 4.69) is 43.5 Å². The quantitative estimate of drug-likeness (QED) is 0.0310. The normalized spacial score (nSPS) is 14.1. The second-order valence-electron chi connectivity index (χ2n) is 18.2. The molecule has 1 amide bonds. The fraction of sp³-hybridized carbons (Fsp3) is 0.906. The van der Waals surface area contributed by atoms with Gasteiger partial charge in [0.1, 0.15) is 12.2 Å². The van der Waals surface area contributed by atoms with Crippen molar-refractivity contribution in [2.24, 2.45) is 0 Å². The smallest absolute Gasteiger partial charge is 0.249 e. The Balaban J connectivity index is 3.63. The maximum absolute atomic E-state index is 12.5. The standard InChI is InChI=1S/C53H103NO5/c1-3-5-7-9-11-13-15-17-19-20-21-22-23-24-25-26-27-28-29-30-31-32-33-35-36-38-40-42-44-46-50(56)52(58)49(48-55)54-53(59)51(57)47-45-43-41-39-37-34-18-16-14-12-10-8-6-4-2/h14,16,38,40,49-52,55-58H,3-13,15,17-37,39,41-48H2,1-2H3,(H,54,59)/b16-14-,40-38+. The lowest BCUT2D eigenvalue weighted by atomic mass is 10.00. The predicted octanol–water partition coefficient (Wildman–Crippen LogP) is 14.7. The van der Waals surface area contributed by atoms with E-state index in [0.29, 0.717) is 12.8 Å². The van der Waals surface area contributed by atoms with Crippen molar-refractivity contribution in [3.8, 4) is 0 Å². The molecule has 4 unspecified atom stereocenters. The molecule has 0 saturated heterocycles. The maximum Gasteiger partial charge on any atom is 0.249 e. The molecule has 0 spiro atoms. The first kappa shape index (κ1) is 57.8. The average molecular weight is 834 g/mol. The molecule has 0 fully saturated rings. The SMILES string of the molecule is CCCCCC/C=C\CCCCCCCCC(O)C(=O)NC(CO)C(O)C(O)CCC/C=C/CCCCCCCCCCCCCCCCCCCCCCCCCC. The van der Waals surface area contributed by atoms with Crippen molar-refractivity contribution in [1.82, 2.24) is 5.32 Å². The number of carbonyl (C=O) groups is 1. The summed E-state index contributed by atoms with van der Waals surface area (Å²) < 4.78 is 0. The van der Waals surface area contributed by atoms with E-state index in [9.17, 15) is 25.2 Å². The Morgan fingerprint density at radius 1 is 0.407 bits per heavy atom. The Morgan fingerprint density at radius 2 is 0.695 bits per heavy atom. The van der Waals surface area contributed by atoms with E-state index in [4.69, 9.17) is 0 Å². The van der Waals surface area contributed by atoms with Crippen LogP contribution in [-0.2, 0) is 4.79 Å². The van der Waals surface area contributed by atoms with Crippen LogP contribution in [0.3, 0.4) is 0 Å². The van der Waals surface area contributed by atoms with E-state index in [-0.39, 0.29) is 0 Å². The van der Waals surface area contributed by atoms with E-state index < -0.39 is 36.9 Å². The van der Waals surface area contributed by atoms with Gasteiger partial charge in [0.05, 0.1) is 18.8 Å². The molecule has 0 aromatic carbocycles. The molecule has 0 heterocycles. The lowest BCUT2D eigenvalue weighted by molar-refractivity contribution is -0.132. The van der Waals surface area contributed by atoms with Gasteiger partial charge >= 0.3 is 0 Å². The van der Waals surface area contributed by atoms with Crippen LogP contribution in [0, 0.1) is 0 Å². The molecule has 4 atom stereocenters. The lowest BCUT2D eigenvalue weighted by Gasteiger charge is -2.27.